The highest BCUT2D eigenvalue weighted by Gasteiger charge is 2.00. The van der Waals surface area contributed by atoms with Gasteiger partial charge in [0.1, 0.15) is 5.75 Å². The molecule has 2 rings (SSSR count). The Morgan fingerprint density at radius 3 is 2.63 bits per heavy atom. The molecular weight excluding hydrogens is 304 g/mol. The van der Waals surface area contributed by atoms with Gasteiger partial charge in [-0.2, -0.15) is 0 Å². The second kappa shape index (κ2) is 7.26. The Morgan fingerprint density at radius 1 is 1.11 bits per heavy atom. The van der Waals surface area contributed by atoms with Gasteiger partial charge in [0.05, 0.1) is 6.61 Å². The molecule has 1 aromatic heterocycles. The van der Waals surface area contributed by atoms with Crippen molar-refractivity contribution in [1.29, 1.82) is 0 Å². The average molecular weight is 321 g/mol. The second-order valence-corrected chi connectivity index (χ2v) is 5.22. The topological polar surface area (TPSA) is 48.1 Å². The fourth-order valence-corrected chi connectivity index (χ4v) is 2.36. The molecule has 0 unspecified atom stereocenters. The van der Waals surface area contributed by atoms with E-state index in [0.717, 1.165) is 28.6 Å². The van der Waals surface area contributed by atoms with Crippen molar-refractivity contribution in [3.8, 4) is 5.75 Å². The molecule has 0 saturated heterocycles. The van der Waals surface area contributed by atoms with E-state index in [0.29, 0.717) is 13.2 Å². The standard InChI is InChI=1S/C15H17BrN2O/c16-14-8-13(11-17)9-15(10-14)19-7-1-2-12-3-5-18-6-4-12/h3-6,8-10H,1-2,7,11,17H2. The van der Waals surface area contributed by atoms with Crippen LogP contribution in [0, 0.1) is 0 Å². The minimum atomic E-state index is 0.521. The number of ether oxygens (including phenoxy) is 1. The van der Waals surface area contributed by atoms with Crippen molar-refractivity contribution in [3.63, 3.8) is 0 Å². The summed E-state index contributed by atoms with van der Waals surface area (Å²) >= 11 is 3.46. The summed E-state index contributed by atoms with van der Waals surface area (Å²) in [6, 6.07) is 10.0. The number of aromatic nitrogens is 1. The summed E-state index contributed by atoms with van der Waals surface area (Å²) in [5, 5.41) is 0. The van der Waals surface area contributed by atoms with Gasteiger partial charge in [-0.25, -0.2) is 0 Å². The van der Waals surface area contributed by atoms with Gasteiger partial charge in [0.15, 0.2) is 0 Å². The first kappa shape index (κ1) is 14.0. The van der Waals surface area contributed by atoms with Crippen LogP contribution in [0.1, 0.15) is 17.5 Å². The van der Waals surface area contributed by atoms with Gasteiger partial charge >= 0.3 is 0 Å². The molecule has 2 N–H and O–H groups in total. The number of aryl methyl sites for hydroxylation is 1. The lowest BCUT2D eigenvalue weighted by Gasteiger charge is -2.08. The molecule has 0 aliphatic heterocycles. The highest BCUT2D eigenvalue weighted by atomic mass is 79.9. The number of hydrogen-bond acceptors (Lipinski definition) is 3. The molecule has 2 aromatic rings. The van der Waals surface area contributed by atoms with Crippen molar-refractivity contribution in [3.05, 3.63) is 58.3 Å². The van der Waals surface area contributed by atoms with Crippen molar-refractivity contribution in [2.75, 3.05) is 6.61 Å². The molecule has 1 heterocycles. The molecule has 0 spiro atoms. The molecule has 0 amide bonds. The van der Waals surface area contributed by atoms with E-state index < -0.39 is 0 Å². The summed E-state index contributed by atoms with van der Waals surface area (Å²) in [4.78, 5) is 4.00. The molecule has 0 bridgehead atoms. The maximum Gasteiger partial charge on any atom is 0.120 e. The van der Waals surface area contributed by atoms with Gasteiger partial charge in [-0.3, -0.25) is 4.98 Å². The first-order chi connectivity index (χ1) is 9.28. The number of rotatable bonds is 6. The molecule has 100 valence electrons. The van der Waals surface area contributed by atoms with E-state index in [-0.39, 0.29) is 0 Å². The Morgan fingerprint density at radius 2 is 1.89 bits per heavy atom. The zero-order chi connectivity index (χ0) is 13.5. The lowest BCUT2D eigenvalue weighted by Crippen LogP contribution is -2.01. The third-order valence-corrected chi connectivity index (χ3v) is 3.25. The highest BCUT2D eigenvalue weighted by Crippen LogP contribution is 2.21. The smallest absolute Gasteiger partial charge is 0.120 e. The fraction of sp³-hybridized carbons (Fsp3) is 0.267. The van der Waals surface area contributed by atoms with Crippen LogP contribution in [0.2, 0.25) is 0 Å². The molecule has 4 heteroatoms. The Kier molecular flexibility index (Phi) is 5.36. The second-order valence-electron chi connectivity index (χ2n) is 4.31. The van der Waals surface area contributed by atoms with Gasteiger partial charge in [-0.15, -0.1) is 0 Å². The van der Waals surface area contributed by atoms with Crippen LogP contribution < -0.4 is 10.5 Å². The van der Waals surface area contributed by atoms with E-state index in [9.17, 15) is 0 Å². The molecule has 0 radical (unpaired) electrons. The van der Waals surface area contributed by atoms with Crippen molar-refractivity contribution in [2.24, 2.45) is 5.73 Å². The summed E-state index contributed by atoms with van der Waals surface area (Å²) in [7, 11) is 0. The van der Waals surface area contributed by atoms with Crippen LogP contribution in [0.15, 0.2) is 47.2 Å². The summed E-state index contributed by atoms with van der Waals surface area (Å²) in [6.45, 7) is 1.22. The van der Waals surface area contributed by atoms with E-state index in [4.69, 9.17) is 10.5 Å². The number of benzene rings is 1. The molecule has 3 nitrogen and oxygen atoms in total. The first-order valence-electron chi connectivity index (χ1n) is 6.29. The quantitative estimate of drug-likeness (QED) is 0.831. The van der Waals surface area contributed by atoms with Gasteiger partial charge in [0, 0.05) is 23.4 Å². The summed E-state index contributed by atoms with van der Waals surface area (Å²) in [6.07, 6.45) is 5.62. The predicted molar refractivity (Wildman–Crippen MR) is 80.1 cm³/mol. The van der Waals surface area contributed by atoms with Gasteiger partial charge in [0.2, 0.25) is 0 Å². The van der Waals surface area contributed by atoms with E-state index in [1.54, 1.807) is 0 Å². The minimum absolute atomic E-state index is 0.521. The van der Waals surface area contributed by atoms with Crippen LogP contribution in [-0.4, -0.2) is 11.6 Å². The lowest BCUT2D eigenvalue weighted by molar-refractivity contribution is 0.310. The number of hydrogen-bond donors (Lipinski definition) is 1. The van der Waals surface area contributed by atoms with E-state index in [1.807, 2.05) is 42.7 Å². The molecule has 0 saturated carbocycles. The summed E-state index contributed by atoms with van der Waals surface area (Å²) in [5.41, 5.74) is 7.99. The van der Waals surface area contributed by atoms with Gasteiger partial charge in [-0.1, -0.05) is 15.9 Å². The number of halogens is 1. The van der Waals surface area contributed by atoms with E-state index in [2.05, 4.69) is 20.9 Å². The summed E-state index contributed by atoms with van der Waals surface area (Å²) < 4.78 is 6.75. The van der Waals surface area contributed by atoms with Crippen molar-refractivity contribution >= 4 is 15.9 Å². The molecule has 0 aliphatic carbocycles. The monoisotopic (exact) mass is 320 g/mol. The Balaban J connectivity index is 1.81. The maximum absolute atomic E-state index is 5.75. The SMILES string of the molecule is NCc1cc(Br)cc(OCCCc2ccncc2)c1. The van der Waals surface area contributed by atoms with Crippen molar-refractivity contribution in [1.82, 2.24) is 4.98 Å². The fourth-order valence-electron chi connectivity index (χ4n) is 1.84. The van der Waals surface area contributed by atoms with Crippen LogP contribution in [0.4, 0.5) is 0 Å². The maximum atomic E-state index is 5.75. The van der Waals surface area contributed by atoms with Gasteiger partial charge in [-0.05, 0) is 54.3 Å². The molecule has 1 aromatic carbocycles. The zero-order valence-electron chi connectivity index (χ0n) is 10.7. The molecule has 0 fully saturated rings. The first-order valence-corrected chi connectivity index (χ1v) is 7.08. The van der Waals surface area contributed by atoms with Crippen LogP contribution in [0.3, 0.4) is 0 Å². The van der Waals surface area contributed by atoms with Crippen LogP contribution in [0.25, 0.3) is 0 Å². The Hall–Kier alpha value is -1.39. The van der Waals surface area contributed by atoms with Crippen LogP contribution in [0.5, 0.6) is 5.75 Å². The highest BCUT2D eigenvalue weighted by molar-refractivity contribution is 9.10. The van der Waals surface area contributed by atoms with Gasteiger partial charge < -0.3 is 10.5 Å². The average Bonchev–Trinajstić information content (AvgIpc) is 2.44. The van der Waals surface area contributed by atoms with E-state index in [1.165, 1.54) is 5.56 Å². The molecular formula is C15H17BrN2O. The number of nitrogens with two attached hydrogens (primary N) is 1. The van der Waals surface area contributed by atoms with Crippen LogP contribution >= 0.6 is 15.9 Å². The zero-order valence-corrected chi connectivity index (χ0v) is 12.3. The third kappa shape index (κ3) is 4.65. The Labute approximate surface area is 121 Å². The third-order valence-electron chi connectivity index (χ3n) is 2.79. The largest absolute Gasteiger partial charge is 0.494 e. The summed E-state index contributed by atoms with van der Waals surface area (Å²) in [5.74, 6) is 0.865. The molecule has 19 heavy (non-hydrogen) atoms. The van der Waals surface area contributed by atoms with Crippen molar-refractivity contribution < 1.29 is 4.74 Å². The molecule has 0 atom stereocenters. The normalized spacial score (nSPS) is 10.4. The predicted octanol–water partition coefficient (Wildman–Crippen LogP) is 3.31. The lowest BCUT2D eigenvalue weighted by atomic mass is 10.1. The number of nitrogens with zero attached hydrogens (tertiary/aromatic N) is 1. The van der Waals surface area contributed by atoms with Gasteiger partial charge in [0.25, 0.3) is 0 Å². The van der Waals surface area contributed by atoms with Crippen LogP contribution in [-0.2, 0) is 13.0 Å². The minimum Gasteiger partial charge on any atom is -0.494 e. The molecule has 0 aliphatic rings. The number of pyridine rings is 1. The Bertz CT molecular complexity index is 517. The van der Waals surface area contributed by atoms with Crippen molar-refractivity contribution in [2.45, 2.75) is 19.4 Å². The van der Waals surface area contributed by atoms with E-state index >= 15 is 0 Å².